The molecule has 2 bridgehead atoms. The van der Waals surface area contributed by atoms with Crippen molar-refractivity contribution in [2.45, 2.75) is 31.3 Å². The van der Waals surface area contributed by atoms with E-state index in [2.05, 4.69) is 15.3 Å². The van der Waals surface area contributed by atoms with Gasteiger partial charge in [-0.2, -0.15) is 4.39 Å². The Balaban J connectivity index is 1.40. The molecule has 164 valence electrons. The number of hydrogen-bond donors (Lipinski definition) is 1. The molecule has 2 aliphatic rings. The van der Waals surface area contributed by atoms with Crippen LogP contribution in [0.15, 0.2) is 42.7 Å². The first-order valence-corrected chi connectivity index (χ1v) is 10.6. The number of fused-ring (bicyclic) bond motifs is 4. The van der Waals surface area contributed by atoms with E-state index in [1.807, 2.05) is 0 Å². The van der Waals surface area contributed by atoms with Gasteiger partial charge in [-0.25, -0.2) is 19.2 Å². The van der Waals surface area contributed by atoms with Gasteiger partial charge in [0.05, 0.1) is 23.9 Å². The van der Waals surface area contributed by atoms with Crippen molar-refractivity contribution in [2.24, 2.45) is 0 Å². The van der Waals surface area contributed by atoms with E-state index in [-0.39, 0.29) is 22.8 Å². The molecular weight excluding hydrogens is 438 g/mol. The first-order valence-electron chi connectivity index (χ1n) is 10.2. The second-order valence-corrected chi connectivity index (χ2v) is 8.27. The van der Waals surface area contributed by atoms with E-state index in [1.54, 1.807) is 23.1 Å². The zero-order valence-corrected chi connectivity index (χ0v) is 17.9. The van der Waals surface area contributed by atoms with E-state index in [0.717, 1.165) is 18.4 Å². The van der Waals surface area contributed by atoms with Gasteiger partial charge in [-0.3, -0.25) is 0 Å². The summed E-state index contributed by atoms with van der Waals surface area (Å²) in [7, 11) is 1.51. The molecule has 1 unspecified atom stereocenters. The Morgan fingerprint density at radius 2 is 2.06 bits per heavy atom. The monoisotopic (exact) mass is 456 g/mol. The number of methoxy groups -OCH3 is 1. The molecule has 2 aromatic heterocycles. The molecule has 0 radical (unpaired) electrons. The van der Waals surface area contributed by atoms with Crippen LogP contribution in [0.1, 0.15) is 30.0 Å². The van der Waals surface area contributed by atoms with E-state index < -0.39 is 17.8 Å². The number of amides is 2. The zero-order chi connectivity index (χ0) is 22.4. The Bertz CT molecular complexity index is 1210. The summed E-state index contributed by atoms with van der Waals surface area (Å²) in [5.41, 5.74) is 2.38. The lowest BCUT2D eigenvalue weighted by molar-refractivity contribution is 0.178. The molecule has 2 atom stereocenters. The van der Waals surface area contributed by atoms with Gasteiger partial charge in [0.25, 0.3) is 0 Å². The number of benzene rings is 1. The number of anilines is 1. The second kappa shape index (κ2) is 8.02. The first kappa shape index (κ1) is 20.6. The molecule has 32 heavy (non-hydrogen) atoms. The maximum atomic E-state index is 14.9. The lowest BCUT2D eigenvalue weighted by atomic mass is 9.95. The van der Waals surface area contributed by atoms with E-state index in [9.17, 15) is 13.6 Å². The summed E-state index contributed by atoms with van der Waals surface area (Å²) < 4.78 is 34.1. The number of halogens is 3. The van der Waals surface area contributed by atoms with Gasteiger partial charge in [-0.15, -0.1) is 0 Å². The molecule has 2 aliphatic heterocycles. The number of carbonyl (C=O) groups excluding carboxylic acids is 1. The Morgan fingerprint density at radius 1 is 1.22 bits per heavy atom. The van der Waals surface area contributed by atoms with Crippen LogP contribution in [0.25, 0.3) is 11.1 Å². The molecule has 1 fully saturated rings. The van der Waals surface area contributed by atoms with Crippen LogP contribution in [-0.4, -0.2) is 34.1 Å². The van der Waals surface area contributed by atoms with Gasteiger partial charge in [0.15, 0.2) is 0 Å². The minimum absolute atomic E-state index is 0.0173. The minimum atomic E-state index is -0.617. The molecule has 2 amide bonds. The number of pyridine rings is 2. The van der Waals surface area contributed by atoms with Crippen LogP contribution < -0.4 is 10.1 Å². The van der Waals surface area contributed by atoms with Crippen LogP contribution in [0.4, 0.5) is 19.3 Å². The average Bonchev–Trinajstić information content (AvgIpc) is 3.11. The van der Waals surface area contributed by atoms with Gasteiger partial charge in [-0.1, -0.05) is 11.6 Å². The standard InChI is InChI=1S/C23H19ClF2N4O2/c1-32-21-5-2-12(11-28-21)15-9-18(25)19(10-17(15)24)29-23(31)30-13-3-4-20(30)14-6-7-27-22(26)16(14)8-13/h2,5-7,9-11,13,20H,3-4,8H2,1H3,(H,29,31)/t13?,20-/m1/s1. The van der Waals surface area contributed by atoms with Gasteiger partial charge in [0.1, 0.15) is 5.82 Å². The number of nitrogens with zero attached hydrogens (tertiary/aromatic N) is 3. The molecule has 1 saturated heterocycles. The van der Waals surface area contributed by atoms with Crippen molar-refractivity contribution in [3.63, 3.8) is 0 Å². The maximum Gasteiger partial charge on any atom is 0.322 e. The Hall–Kier alpha value is -3.26. The Labute approximate surface area is 188 Å². The molecule has 1 N–H and O–H groups in total. The van der Waals surface area contributed by atoms with Crippen LogP contribution >= 0.6 is 11.6 Å². The summed E-state index contributed by atoms with van der Waals surface area (Å²) in [5, 5.41) is 2.92. The molecule has 0 aliphatic carbocycles. The van der Waals surface area contributed by atoms with Crippen molar-refractivity contribution >= 4 is 23.3 Å². The van der Waals surface area contributed by atoms with Crippen molar-refractivity contribution in [3.05, 3.63) is 70.6 Å². The summed E-state index contributed by atoms with van der Waals surface area (Å²) in [6.45, 7) is 0. The van der Waals surface area contributed by atoms with E-state index in [0.29, 0.717) is 29.0 Å². The quantitative estimate of drug-likeness (QED) is 0.537. The summed E-state index contributed by atoms with van der Waals surface area (Å²) >= 11 is 6.39. The topological polar surface area (TPSA) is 67.3 Å². The fourth-order valence-electron chi connectivity index (χ4n) is 4.63. The Kier molecular flexibility index (Phi) is 5.17. The minimum Gasteiger partial charge on any atom is -0.481 e. The highest BCUT2D eigenvalue weighted by atomic mass is 35.5. The fourth-order valence-corrected chi connectivity index (χ4v) is 4.90. The smallest absolute Gasteiger partial charge is 0.322 e. The SMILES string of the molecule is COc1ccc(-c2cc(F)c(NC(=O)N3C4CC[C@@H]3c3ccnc(F)c3C4)cc2Cl)cn1. The first-order chi connectivity index (χ1) is 15.5. The summed E-state index contributed by atoms with van der Waals surface area (Å²) in [4.78, 5) is 22.6. The predicted octanol–water partition coefficient (Wildman–Crippen LogP) is 5.38. The van der Waals surface area contributed by atoms with E-state index >= 15 is 0 Å². The molecule has 0 spiro atoms. The van der Waals surface area contributed by atoms with Gasteiger partial charge in [0, 0.05) is 41.2 Å². The predicted molar refractivity (Wildman–Crippen MR) is 116 cm³/mol. The van der Waals surface area contributed by atoms with E-state index in [4.69, 9.17) is 16.3 Å². The van der Waals surface area contributed by atoms with Crippen molar-refractivity contribution in [2.75, 3.05) is 12.4 Å². The number of aromatic nitrogens is 2. The number of nitrogens with one attached hydrogen (secondary N) is 1. The Morgan fingerprint density at radius 3 is 2.81 bits per heavy atom. The third kappa shape index (κ3) is 3.44. The zero-order valence-electron chi connectivity index (χ0n) is 17.1. The molecule has 9 heteroatoms. The summed E-state index contributed by atoms with van der Waals surface area (Å²) in [6.07, 6.45) is 4.81. The molecular formula is C23H19ClF2N4O2. The summed E-state index contributed by atoms with van der Waals surface area (Å²) in [6, 6.07) is 6.93. The van der Waals surface area contributed by atoms with Crippen LogP contribution in [0.3, 0.4) is 0 Å². The van der Waals surface area contributed by atoms with Gasteiger partial charge >= 0.3 is 6.03 Å². The maximum absolute atomic E-state index is 14.9. The van der Waals surface area contributed by atoms with Crippen LogP contribution in [0, 0.1) is 11.8 Å². The largest absolute Gasteiger partial charge is 0.481 e. The van der Waals surface area contributed by atoms with Crippen molar-refractivity contribution in [3.8, 4) is 17.0 Å². The highest BCUT2D eigenvalue weighted by Gasteiger charge is 2.43. The van der Waals surface area contributed by atoms with Crippen LogP contribution in [0.5, 0.6) is 5.88 Å². The number of rotatable bonds is 3. The van der Waals surface area contributed by atoms with Crippen molar-refractivity contribution in [1.29, 1.82) is 0 Å². The number of ether oxygens (including phenoxy) is 1. The second-order valence-electron chi connectivity index (χ2n) is 7.86. The normalized spacial score (nSPS) is 18.9. The molecule has 6 nitrogen and oxygen atoms in total. The average molecular weight is 457 g/mol. The molecule has 1 aromatic carbocycles. The van der Waals surface area contributed by atoms with E-state index in [1.165, 1.54) is 31.6 Å². The number of hydrogen-bond acceptors (Lipinski definition) is 4. The number of carbonyl (C=O) groups is 1. The fraction of sp³-hybridized carbons (Fsp3) is 0.261. The summed E-state index contributed by atoms with van der Waals surface area (Å²) in [5.74, 6) is -0.669. The third-order valence-corrected chi connectivity index (χ3v) is 6.44. The van der Waals surface area contributed by atoms with Crippen molar-refractivity contribution in [1.82, 2.24) is 14.9 Å². The highest BCUT2D eigenvalue weighted by molar-refractivity contribution is 6.33. The number of urea groups is 1. The highest BCUT2D eigenvalue weighted by Crippen LogP contribution is 2.44. The third-order valence-electron chi connectivity index (χ3n) is 6.13. The lowest BCUT2D eigenvalue weighted by Crippen LogP contribution is -2.44. The van der Waals surface area contributed by atoms with Gasteiger partial charge < -0.3 is 15.0 Å². The van der Waals surface area contributed by atoms with Gasteiger partial charge in [-0.05, 0) is 49.1 Å². The van der Waals surface area contributed by atoms with Crippen molar-refractivity contribution < 1.29 is 18.3 Å². The molecule has 4 heterocycles. The van der Waals surface area contributed by atoms with Gasteiger partial charge in [0.2, 0.25) is 11.8 Å². The van der Waals surface area contributed by atoms with Crippen LogP contribution in [-0.2, 0) is 6.42 Å². The van der Waals surface area contributed by atoms with Crippen LogP contribution in [0.2, 0.25) is 5.02 Å². The molecule has 0 saturated carbocycles. The molecule has 5 rings (SSSR count). The lowest BCUT2D eigenvalue weighted by Gasteiger charge is -2.36. The molecule has 3 aromatic rings.